The van der Waals surface area contributed by atoms with Gasteiger partial charge in [-0.2, -0.15) is 10.2 Å². The van der Waals surface area contributed by atoms with E-state index in [4.69, 9.17) is 15.9 Å². The lowest BCUT2D eigenvalue weighted by Crippen LogP contribution is -1.97. The highest BCUT2D eigenvalue weighted by Crippen LogP contribution is 2.22. The largest absolute Gasteiger partial charge is 0.476 e. The van der Waals surface area contributed by atoms with Gasteiger partial charge >= 0.3 is 5.97 Å². The number of aromatic amines is 2. The molecule has 138 valence electrons. The number of aliphatic hydroxyl groups excluding tert-OH is 1. The Kier molecular flexibility index (Phi) is 4.68. The van der Waals surface area contributed by atoms with Gasteiger partial charge < -0.3 is 15.9 Å². The minimum atomic E-state index is -1.22. The molecule has 0 bridgehead atoms. The smallest absolute Gasteiger partial charge is 0.357 e. The highest BCUT2D eigenvalue weighted by Gasteiger charge is 2.15. The van der Waals surface area contributed by atoms with Crippen LogP contribution in [-0.2, 0) is 6.61 Å². The van der Waals surface area contributed by atoms with E-state index in [1.54, 1.807) is 12.1 Å². The van der Waals surface area contributed by atoms with Crippen molar-refractivity contribution in [3.8, 4) is 0 Å². The van der Waals surface area contributed by atoms with Crippen LogP contribution in [0, 0.1) is 10.1 Å². The molecule has 0 amide bonds. The summed E-state index contributed by atoms with van der Waals surface area (Å²) in [6.07, 6.45) is 0. The minimum absolute atomic E-state index is 0.0417. The first kappa shape index (κ1) is 17.8. The number of nitrogen functional groups attached to an aromatic ring is 1. The molecule has 2 aromatic carbocycles. The topological polar surface area (TPSA) is 184 Å². The second-order valence-electron chi connectivity index (χ2n) is 5.50. The summed E-state index contributed by atoms with van der Waals surface area (Å²) >= 11 is 0. The van der Waals surface area contributed by atoms with Crippen LogP contribution in [0.15, 0.2) is 36.4 Å². The highest BCUT2D eigenvalue weighted by molar-refractivity contribution is 6.01. The summed E-state index contributed by atoms with van der Waals surface area (Å²) in [7, 11) is 0. The maximum Gasteiger partial charge on any atom is 0.357 e. The Hall–Kier alpha value is -3.99. The molecular weight excluding hydrogens is 356 g/mol. The quantitative estimate of drug-likeness (QED) is 0.205. The molecule has 0 unspecified atom stereocenters. The number of benzene rings is 2. The van der Waals surface area contributed by atoms with Crippen LogP contribution in [0.3, 0.4) is 0 Å². The number of hydrogen-bond donors (Lipinski definition) is 5. The lowest BCUT2D eigenvalue weighted by Gasteiger charge is -1.93. The number of anilines is 1. The summed E-state index contributed by atoms with van der Waals surface area (Å²) in [4.78, 5) is 20.6. The standard InChI is InChI=1S/C8H5N3O4.C8H9N3O/c12-8(13)7-5-3-4(11(14)15)1-2-6(5)9-10-7;9-5-1-2-7-6(3-5)8(4-12)11-10-7/h1-3H,(H,9,10)(H,12,13);1-3,12H,4,9H2,(H,10,11). The fourth-order valence-corrected chi connectivity index (χ4v) is 2.48. The molecule has 11 heteroatoms. The van der Waals surface area contributed by atoms with Crippen molar-refractivity contribution in [1.82, 2.24) is 20.4 Å². The van der Waals surface area contributed by atoms with Gasteiger partial charge in [0.1, 0.15) is 0 Å². The van der Waals surface area contributed by atoms with E-state index in [2.05, 4.69) is 20.4 Å². The number of aliphatic hydroxyl groups is 1. The molecule has 4 rings (SSSR count). The third-order valence-electron chi connectivity index (χ3n) is 3.77. The van der Waals surface area contributed by atoms with Crippen LogP contribution in [0.5, 0.6) is 0 Å². The Labute approximate surface area is 150 Å². The highest BCUT2D eigenvalue weighted by atomic mass is 16.6. The van der Waals surface area contributed by atoms with Crippen molar-refractivity contribution in [2.75, 3.05) is 5.73 Å². The number of aromatic nitrogens is 4. The number of carbonyl (C=O) groups is 1. The van der Waals surface area contributed by atoms with Crippen molar-refractivity contribution >= 4 is 39.1 Å². The zero-order chi connectivity index (χ0) is 19.6. The third-order valence-corrected chi connectivity index (χ3v) is 3.77. The van der Waals surface area contributed by atoms with E-state index in [9.17, 15) is 14.9 Å². The fraction of sp³-hybridized carbons (Fsp3) is 0.0625. The molecule has 0 aliphatic heterocycles. The first-order valence-electron chi connectivity index (χ1n) is 7.60. The molecular formula is C16H14N6O5. The van der Waals surface area contributed by atoms with Gasteiger partial charge in [0.05, 0.1) is 28.3 Å². The van der Waals surface area contributed by atoms with Crippen LogP contribution < -0.4 is 5.73 Å². The van der Waals surface area contributed by atoms with Crippen LogP contribution in [0.4, 0.5) is 11.4 Å². The average Bonchev–Trinajstić information content (AvgIpc) is 3.24. The average molecular weight is 370 g/mol. The summed E-state index contributed by atoms with van der Waals surface area (Å²) < 4.78 is 0. The summed E-state index contributed by atoms with van der Waals surface area (Å²) in [5.41, 5.74) is 7.88. The Morgan fingerprint density at radius 1 is 1.15 bits per heavy atom. The minimum Gasteiger partial charge on any atom is -0.476 e. The number of nitro benzene ring substituents is 1. The zero-order valence-electron chi connectivity index (χ0n) is 13.7. The second kappa shape index (κ2) is 7.09. The van der Waals surface area contributed by atoms with E-state index < -0.39 is 10.9 Å². The maximum absolute atomic E-state index is 10.7. The lowest BCUT2D eigenvalue weighted by molar-refractivity contribution is -0.384. The Balaban J connectivity index is 0.000000159. The molecule has 0 aliphatic rings. The normalized spacial score (nSPS) is 10.6. The molecule has 0 spiro atoms. The number of carboxylic acid groups (broad SMARTS) is 1. The van der Waals surface area contributed by atoms with Crippen molar-refractivity contribution in [1.29, 1.82) is 0 Å². The predicted molar refractivity (Wildman–Crippen MR) is 96.1 cm³/mol. The molecule has 4 aromatic rings. The van der Waals surface area contributed by atoms with Crippen molar-refractivity contribution < 1.29 is 19.9 Å². The molecule has 27 heavy (non-hydrogen) atoms. The van der Waals surface area contributed by atoms with E-state index in [0.717, 1.165) is 10.9 Å². The molecule has 0 saturated heterocycles. The number of non-ortho nitro benzene ring substituents is 1. The van der Waals surface area contributed by atoms with Gasteiger partial charge in [-0.1, -0.05) is 0 Å². The van der Waals surface area contributed by atoms with Gasteiger partial charge in [-0.15, -0.1) is 0 Å². The molecule has 6 N–H and O–H groups in total. The molecule has 0 radical (unpaired) electrons. The first-order valence-corrected chi connectivity index (χ1v) is 7.60. The molecule has 2 heterocycles. The number of carboxylic acids is 1. The number of nitro groups is 1. The van der Waals surface area contributed by atoms with Crippen LogP contribution in [0.1, 0.15) is 16.2 Å². The fourth-order valence-electron chi connectivity index (χ4n) is 2.48. The molecule has 0 aliphatic carbocycles. The van der Waals surface area contributed by atoms with Crippen molar-refractivity contribution in [3.05, 3.63) is 57.9 Å². The number of fused-ring (bicyclic) bond motifs is 2. The van der Waals surface area contributed by atoms with Crippen molar-refractivity contribution in [2.24, 2.45) is 0 Å². The van der Waals surface area contributed by atoms with Gasteiger partial charge in [-0.3, -0.25) is 20.3 Å². The Bertz CT molecular complexity index is 1150. The summed E-state index contributed by atoms with van der Waals surface area (Å²) in [5, 5.41) is 42.0. The number of nitrogens with two attached hydrogens (primary N) is 1. The number of nitrogens with one attached hydrogen (secondary N) is 2. The number of nitrogens with zero attached hydrogens (tertiary/aromatic N) is 3. The molecule has 11 nitrogen and oxygen atoms in total. The maximum atomic E-state index is 10.7. The SMILES string of the molecule is Nc1ccc2n[nH]c(CO)c2c1.O=C(O)c1n[nH]c2ccc([N+](=O)[O-])cc12. The molecule has 0 fully saturated rings. The number of H-pyrrole nitrogens is 2. The monoisotopic (exact) mass is 370 g/mol. The molecule has 2 aromatic heterocycles. The van der Waals surface area contributed by atoms with E-state index in [-0.39, 0.29) is 23.4 Å². The number of rotatable bonds is 3. The van der Waals surface area contributed by atoms with Gasteiger partial charge in [0.15, 0.2) is 5.69 Å². The van der Waals surface area contributed by atoms with Crippen LogP contribution in [0.2, 0.25) is 0 Å². The number of aromatic carboxylic acids is 1. The van der Waals surface area contributed by atoms with Gasteiger partial charge in [-0.25, -0.2) is 4.79 Å². The summed E-state index contributed by atoms with van der Waals surface area (Å²) in [6, 6.07) is 9.29. The first-order chi connectivity index (χ1) is 12.9. The van der Waals surface area contributed by atoms with Gasteiger partial charge in [-0.05, 0) is 24.3 Å². The number of hydrogen-bond acceptors (Lipinski definition) is 7. The lowest BCUT2D eigenvalue weighted by atomic mass is 10.2. The van der Waals surface area contributed by atoms with Crippen molar-refractivity contribution in [3.63, 3.8) is 0 Å². The molecule has 0 atom stereocenters. The van der Waals surface area contributed by atoms with Crippen LogP contribution in [-0.4, -0.2) is 41.5 Å². The predicted octanol–water partition coefficient (Wildman–Crippen LogP) is 1.81. The van der Waals surface area contributed by atoms with Gasteiger partial charge in [0.2, 0.25) is 0 Å². The van der Waals surface area contributed by atoms with Crippen LogP contribution in [0.25, 0.3) is 21.8 Å². The van der Waals surface area contributed by atoms with E-state index in [0.29, 0.717) is 16.9 Å². The van der Waals surface area contributed by atoms with Crippen molar-refractivity contribution in [2.45, 2.75) is 6.61 Å². The van der Waals surface area contributed by atoms with E-state index in [1.807, 2.05) is 6.07 Å². The molecule has 0 saturated carbocycles. The summed E-state index contributed by atoms with van der Waals surface area (Å²) in [5.74, 6) is -1.22. The summed E-state index contributed by atoms with van der Waals surface area (Å²) in [6.45, 7) is -0.0417. The third kappa shape index (κ3) is 3.52. The van der Waals surface area contributed by atoms with E-state index in [1.165, 1.54) is 18.2 Å². The van der Waals surface area contributed by atoms with Gasteiger partial charge in [0, 0.05) is 28.6 Å². The second-order valence-corrected chi connectivity index (χ2v) is 5.50. The Morgan fingerprint density at radius 3 is 2.59 bits per heavy atom. The zero-order valence-corrected chi connectivity index (χ0v) is 13.7. The van der Waals surface area contributed by atoms with E-state index >= 15 is 0 Å². The van der Waals surface area contributed by atoms with Gasteiger partial charge in [0.25, 0.3) is 5.69 Å². The van der Waals surface area contributed by atoms with Crippen LogP contribution >= 0.6 is 0 Å². The Morgan fingerprint density at radius 2 is 1.93 bits per heavy atom.